The van der Waals surface area contributed by atoms with Gasteiger partial charge >= 0.3 is 0 Å². The third kappa shape index (κ3) is 22.5. The van der Waals surface area contributed by atoms with E-state index in [9.17, 15) is 0 Å². The van der Waals surface area contributed by atoms with Crippen molar-refractivity contribution in [2.24, 2.45) is 0 Å². The Morgan fingerprint density at radius 2 is 0.962 bits per heavy atom. The summed E-state index contributed by atoms with van der Waals surface area (Å²) in [4.78, 5) is 0. The first-order chi connectivity index (χ1) is 12.8. The Morgan fingerprint density at radius 1 is 0.577 bits per heavy atom. The maximum Gasteiger partial charge on any atom is 0.168 e. The van der Waals surface area contributed by atoms with Crippen LogP contribution in [0.4, 0.5) is 0 Å². The molecule has 0 heterocycles. The van der Waals surface area contributed by atoms with Gasteiger partial charge in [0.2, 0.25) is 0 Å². The molecule has 158 valence electrons. The lowest BCUT2D eigenvalue weighted by Gasteiger charge is -2.14. The maximum atomic E-state index is 5.58. The zero-order chi connectivity index (χ0) is 19.1. The van der Waals surface area contributed by atoms with Gasteiger partial charge in [-0.05, 0) is 12.8 Å². The summed E-state index contributed by atoms with van der Waals surface area (Å²) < 4.78 is 33.8. The fraction of sp³-hybridized carbons (Fsp3) is 1.00. The van der Waals surface area contributed by atoms with Crippen LogP contribution in [0, 0.1) is 0 Å². The summed E-state index contributed by atoms with van der Waals surface area (Å²) in [5.41, 5.74) is 0. The van der Waals surface area contributed by atoms with Crippen LogP contribution in [0.15, 0.2) is 0 Å². The quantitative estimate of drug-likeness (QED) is 0.0999. The molecule has 0 rings (SSSR count). The van der Waals surface area contributed by atoms with Crippen LogP contribution in [0.2, 0.25) is 0 Å². The molecular formula is C18H39INO6+. The van der Waals surface area contributed by atoms with Crippen molar-refractivity contribution in [3.8, 4) is 0 Å². The molecule has 26 heavy (non-hydrogen) atoms. The van der Waals surface area contributed by atoms with Crippen LogP contribution in [0.1, 0.15) is 26.7 Å². The van der Waals surface area contributed by atoms with E-state index < -0.39 is 0 Å². The van der Waals surface area contributed by atoms with Crippen LogP contribution in [0.25, 0.3) is 0 Å². The van der Waals surface area contributed by atoms with Crippen molar-refractivity contribution >= 4 is 22.9 Å². The van der Waals surface area contributed by atoms with E-state index in [0.29, 0.717) is 52.9 Å². The molecule has 1 N–H and O–H groups in total. The first-order valence-corrected chi connectivity index (χ1v) is 10.7. The van der Waals surface area contributed by atoms with Gasteiger partial charge in [-0.25, -0.2) is 3.11 Å². The number of nitrogens with zero attached hydrogens (tertiary/aromatic N) is 1. The van der Waals surface area contributed by atoms with Crippen LogP contribution in [-0.4, -0.2) is 100 Å². The lowest BCUT2D eigenvalue weighted by molar-refractivity contribution is -0.0903. The molecule has 0 aromatic rings. The summed E-state index contributed by atoms with van der Waals surface area (Å²) in [6.45, 7) is 14.4. The molecule has 0 saturated carbocycles. The monoisotopic (exact) mass is 492 g/mol. The second-order valence-electron chi connectivity index (χ2n) is 5.64. The highest BCUT2D eigenvalue weighted by molar-refractivity contribution is 14.1. The van der Waals surface area contributed by atoms with Crippen LogP contribution in [0.5, 0.6) is 0 Å². The van der Waals surface area contributed by atoms with Crippen molar-refractivity contribution in [1.82, 2.24) is 3.11 Å². The fourth-order valence-electron chi connectivity index (χ4n) is 1.84. The predicted octanol–water partition coefficient (Wildman–Crippen LogP) is 2.07. The van der Waals surface area contributed by atoms with Gasteiger partial charge in [0.05, 0.1) is 39.6 Å². The van der Waals surface area contributed by atoms with Crippen LogP contribution >= 0.6 is 22.9 Å². The minimum atomic E-state index is 0.618. The van der Waals surface area contributed by atoms with E-state index in [1.54, 1.807) is 0 Å². The number of ether oxygens (including phenoxy) is 6. The number of hydrogen-bond acceptors (Lipinski definition) is 6. The Morgan fingerprint density at radius 3 is 1.46 bits per heavy atom. The SMILES string of the molecule is CCCOCCOCCOCCN(I)CCOCC[OH+]CCOCCC. The highest BCUT2D eigenvalue weighted by atomic mass is 127. The van der Waals surface area contributed by atoms with E-state index in [1.807, 2.05) is 0 Å². The highest BCUT2D eigenvalue weighted by Crippen LogP contribution is 1.97. The second-order valence-corrected chi connectivity index (χ2v) is 7.01. The Bertz CT molecular complexity index is 240. The van der Waals surface area contributed by atoms with Crippen molar-refractivity contribution < 1.29 is 28.4 Å². The summed E-state index contributed by atoms with van der Waals surface area (Å²) in [5.74, 6) is 0. The average Bonchev–Trinajstić information content (AvgIpc) is 2.64. The summed E-state index contributed by atoms with van der Waals surface area (Å²) in [6.07, 6.45) is 2.11. The zero-order valence-corrected chi connectivity index (χ0v) is 18.8. The first kappa shape index (κ1) is 26.4. The van der Waals surface area contributed by atoms with E-state index in [2.05, 4.69) is 44.6 Å². The molecule has 0 amide bonds. The molecule has 0 atom stereocenters. The normalized spacial score (nSPS) is 11.5. The topological polar surface area (TPSA) is 62.2 Å². The smallest absolute Gasteiger partial charge is 0.168 e. The third-order valence-corrected chi connectivity index (χ3v) is 4.15. The molecular weight excluding hydrogens is 453 g/mol. The largest absolute Gasteiger partial charge is 0.430 e. The Kier molecular flexibility index (Phi) is 23.9. The van der Waals surface area contributed by atoms with Crippen molar-refractivity contribution in [2.75, 3.05) is 92.4 Å². The maximum absolute atomic E-state index is 5.58. The van der Waals surface area contributed by atoms with Gasteiger partial charge in [0.15, 0.2) is 13.2 Å². The van der Waals surface area contributed by atoms with Crippen molar-refractivity contribution in [3.63, 3.8) is 0 Å². The van der Waals surface area contributed by atoms with Gasteiger partial charge in [-0.15, -0.1) is 0 Å². The van der Waals surface area contributed by atoms with Crippen LogP contribution in [-0.2, 0) is 23.7 Å². The average molecular weight is 492 g/mol. The fourth-order valence-corrected chi connectivity index (χ4v) is 2.24. The van der Waals surface area contributed by atoms with E-state index in [1.165, 1.54) is 0 Å². The molecule has 0 aliphatic heterocycles. The molecule has 0 aliphatic carbocycles. The molecule has 8 heteroatoms. The summed E-state index contributed by atoms with van der Waals surface area (Å²) in [5, 5.41) is 0. The summed E-state index contributed by atoms with van der Waals surface area (Å²) in [7, 11) is 0. The predicted molar refractivity (Wildman–Crippen MR) is 112 cm³/mol. The molecule has 0 spiro atoms. The van der Waals surface area contributed by atoms with Crippen LogP contribution < -0.4 is 0 Å². The minimum absolute atomic E-state index is 0.618. The molecule has 0 aromatic carbocycles. The van der Waals surface area contributed by atoms with Crippen molar-refractivity contribution in [1.29, 1.82) is 0 Å². The van der Waals surface area contributed by atoms with E-state index in [0.717, 1.165) is 52.4 Å². The minimum Gasteiger partial charge on any atom is -0.430 e. The molecule has 0 aromatic heterocycles. The number of aliphatic hydroxyl groups is 2. The van der Waals surface area contributed by atoms with Gasteiger partial charge in [0, 0.05) is 49.2 Å². The van der Waals surface area contributed by atoms with Crippen molar-refractivity contribution in [2.45, 2.75) is 26.7 Å². The zero-order valence-electron chi connectivity index (χ0n) is 16.6. The molecule has 0 aliphatic rings. The van der Waals surface area contributed by atoms with Gasteiger partial charge in [-0.1, -0.05) is 13.8 Å². The van der Waals surface area contributed by atoms with E-state index in [-0.39, 0.29) is 0 Å². The van der Waals surface area contributed by atoms with Crippen LogP contribution in [0.3, 0.4) is 0 Å². The van der Waals surface area contributed by atoms with Gasteiger partial charge in [-0.2, -0.15) is 0 Å². The number of hydrogen-bond donors (Lipinski definition) is 0. The van der Waals surface area contributed by atoms with Crippen molar-refractivity contribution in [3.05, 3.63) is 0 Å². The Hall–Kier alpha value is 0.450. The molecule has 0 saturated heterocycles. The van der Waals surface area contributed by atoms with E-state index >= 15 is 0 Å². The Balaban J connectivity index is 3.12. The highest BCUT2D eigenvalue weighted by Gasteiger charge is 2.01. The molecule has 7 nitrogen and oxygen atoms in total. The number of halogens is 1. The van der Waals surface area contributed by atoms with Gasteiger partial charge in [0.25, 0.3) is 0 Å². The third-order valence-electron chi connectivity index (χ3n) is 3.18. The molecule has 0 radical (unpaired) electrons. The van der Waals surface area contributed by atoms with Gasteiger partial charge in [-0.3, -0.25) is 0 Å². The first-order valence-electron chi connectivity index (χ1n) is 9.73. The van der Waals surface area contributed by atoms with Gasteiger partial charge < -0.3 is 28.4 Å². The Labute approximate surface area is 173 Å². The standard InChI is InChI=1S/C18H38INO6/c1-3-7-21-11-15-25-17-13-23-9-5-20(19)6-10-24-14-18-26-16-12-22-8-4-2/h3-18H2,1-2H3/p+1. The summed E-state index contributed by atoms with van der Waals surface area (Å²) >= 11 is 2.30. The van der Waals surface area contributed by atoms with E-state index in [4.69, 9.17) is 23.7 Å². The summed E-state index contributed by atoms with van der Waals surface area (Å²) in [6, 6.07) is 0. The molecule has 0 fully saturated rings. The van der Waals surface area contributed by atoms with Gasteiger partial charge in [0.1, 0.15) is 13.2 Å². The number of rotatable bonds is 22. The molecule has 0 bridgehead atoms. The second kappa shape index (κ2) is 23.5. The lowest BCUT2D eigenvalue weighted by Crippen LogP contribution is -2.23. The molecule has 0 unspecified atom stereocenters. The lowest BCUT2D eigenvalue weighted by atomic mass is 10.5.